The summed E-state index contributed by atoms with van der Waals surface area (Å²) in [6.45, 7) is 2.33. The fourth-order valence-electron chi connectivity index (χ4n) is 3.69. The van der Waals surface area contributed by atoms with E-state index >= 15 is 0 Å². The number of hydrogen-bond donors (Lipinski definition) is 1. The Bertz CT molecular complexity index is 390. The number of nitrogens with two attached hydrogens (primary N) is 1. The largest absolute Gasteiger partial charge is 0.321 e. The minimum Gasteiger partial charge on any atom is -0.321 e. The Morgan fingerprint density at radius 1 is 1.25 bits per heavy atom. The Labute approximate surface area is 104 Å². The lowest BCUT2D eigenvalue weighted by molar-refractivity contribution is 0.139. The molecule has 0 spiro atoms. The molecule has 1 fully saturated rings. The third kappa shape index (κ3) is 1.42. The van der Waals surface area contributed by atoms with Crippen molar-refractivity contribution in [1.29, 1.82) is 0 Å². The molecule has 88 valence electrons. The summed E-state index contributed by atoms with van der Waals surface area (Å²) in [6, 6.07) is 8.79. The van der Waals surface area contributed by atoms with Crippen LogP contribution in [0.15, 0.2) is 24.3 Å². The van der Waals surface area contributed by atoms with Gasteiger partial charge in [-0.3, -0.25) is 0 Å². The van der Waals surface area contributed by atoms with Crippen molar-refractivity contribution in [1.82, 2.24) is 0 Å². The maximum atomic E-state index is 6.72. The molecule has 0 aromatic heterocycles. The van der Waals surface area contributed by atoms with Crippen LogP contribution in [0, 0.1) is 11.8 Å². The average molecular weight is 238 g/mol. The lowest BCUT2D eigenvalue weighted by atomic mass is 9.67. The van der Waals surface area contributed by atoms with Gasteiger partial charge in [-0.25, -0.2) is 0 Å². The summed E-state index contributed by atoms with van der Waals surface area (Å²) in [7, 11) is 0. The van der Waals surface area contributed by atoms with E-state index in [2.05, 4.69) is 31.2 Å². The van der Waals surface area contributed by atoms with Gasteiger partial charge in [-0.05, 0) is 42.2 Å². The van der Waals surface area contributed by atoms with Gasteiger partial charge in [-0.2, -0.15) is 0 Å². The second-order valence-electron chi connectivity index (χ2n) is 5.32. The Morgan fingerprint density at radius 3 is 2.81 bits per heavy atom. The highest BCUT2D eigenvalue weighted by Gasteiger charge is 2.48. The molecule has 0 bridgehead atoms. The van der Waals surface area contributed by atoms with Crippen LogP contribution in [-0.4, -0.2) is 0 Å². The molecule has 1 aromatic carbocycles. The van der Waals surface area contributed by atoms with Crippen LogP contribution in [-0.2, 0) is 12.0 Å². The van der Waals surface area contributed by atoms with Crippen molar-refractivity contribution in [2.75, 3.05) is 0 Å². The Balaban J connectivity index is 0.000000963. The standard InChI is InChI=1S/C14H19N.ClH/c1-10-5-4-7-12-9-11-6-2-3-8-13(11)14(10,12)15;/h2-3,6,8,10,12H,4-5,7,9,15H2,1H3;1H/t10?,12-,14+;/m1./s1. The zero-order valence-corrected chi connectivity index (χ0v) is 10.6. The topological polar surface area (TPSA) is 26.0 Å². The molecular weight excluding hydrogens is 218 g/mol. The van der Waals surface area contributed by atoms with E-state index in [9.17, 15) is 0 Å². The van der Waals surface area contributed by atoms with Gasteiger partial charge in [-0.15, -0.1) is 12.4 Å². The van der Waals surface area contributed by atoms with Gasteiger partial charge in [0.25, 0.3) is 0 Å². The molecule has 0 radical (unpaired) electrons. The minimum atomic E-state index is -0.0190. The van der Waals surface area contributed by atoms with E-state index in [4.69, 9.17) is 5.73 Å². The van der Waals surface area contributed by atoms with Crippen LogP contribution in [0.4, 0.5) is 0 Å². The van der Waals surface area contributed by atoms with Gasteiger partial charge in [0.15, 0.2) is 0 Å². The average Bonchev–Trinajstić information content (AvgIpc) is 2.55. The molecule has 1 unspecified atom stereocenters. The van der Waals surface area contributed by atoms with Crippen LogP contribution in [0.2, 0.25) is 0 Å². The molecule has 1 aromatic rings. The molecule has 3 atom stereocenters. The number of benzene rings is 1. The third-order valence-corrected chi connectivity index (χ3v) is 4.63. The summed E-state index contributed by atoms with van der Waals surface area (Å²) < 4.78 is 0. The maximum Gasteiger partial charge on any atom is 0.0470 e. The molecule has 2 aliphatic carbocycles. The molecule has 0 saturated heterocycles. The van der Waals surface area contributed by atoms with Crippen molar-refractivity contribution in [3.05, 3.63) is 35.4 Å². The first-order valence-corrected chi connectivity index (χ1v) is 6.10. The maximum absolute atomic E-state index is 6.72. The highest BCUT2D eigenvalue weighted by molar-refractivity contribution is 5.85. The first-order valence-electron chi connectivity index (χ1n) is 6.10. The monoisotopic (exact) mass is 237 g/mol. The van der Waals surface area contributed by atoms with Gasteiger partial charge in [0, 0.05) is 5.54 Å². The van der Waals surface area contributed by atoms with Crippen LogP contribution in [0.25, 0.3) is 0 Å². The molecule has 1 saturated carbocycles. The molecule has 2 heteroatoms. The van der Waals surface area contributed by atoms with Gasteiger partial charge >= 0.3 is 0 Å². The van der Waals surface area contributed by atoms with E-state index in [-0.39, 0.29) is 17.9 Å². The van der Waals surface area contributed by atoms with Crippen molar-refractivity contribution in [3.8, 4) is 0 Å². The van der Waals surface area contributed by atoms with E-state index in [1.807, 2.05) is 0 Å². The van der Waals surface area contributed by atoms with Crippen molar-refractivity contribution in [2.45, 2.75) is 38.1 Å². The lowest BCUT2D eigenvalue weighted by Crippen LogP contribution is -2.49. The van der Waals surface area contributed by atoms with Crippen LogP contribution in [0.5, 0.6) is 0 Å². The quantitative estimate of drug-likeness (QED) is 0.737. The highest BCUT2D eigenvalue weighted by Crippen LogP contribution is 2.50. The molecule has 16 heavy (non-hydrogen) atoms. The molecule has 3 rings (SSSR count). The minimum absolute atomic E-state index is 0. The van der Waals surface area contributed by atoms with Gasteiger partial charge in [0.1, 0.15) is 0 Å². The fourth-order valence-corrected chi connectivity index (χ4v) is 3.69. The predicted molar refractivity (Wildman–Crippen MR) is 69.8 cm³/mol. The zero-order chi connectivity index (χ0) is 10.5. The Hall–Kier alpha value is -0.530. The van der Waals surface area contributed by atoms with Crippen LogP contribution < -0.4 is 5.73 Å². The van der Waals surface area contributed by atoms with E-state index in [0.29, 0.717) is 11.8 Å². The fraction of sp³-hybridized carbons (Fsp3) is 0.571. The second kappa shape index (κ2) is 4.05. The van der Waals surface area contributed by atoms with Crippen LogP contribution in [0.3, 0.4) is 0 Å². The van der Waals surface area contributed by atoms with Crippen molar-refractivity contribution < 1.29 is 0 Å². The van der Waals surface area contributed by atoms with Gasteiger partial charge in [-0.1, -0.05) is 37.6 Å². The summed E-state index contributed by atoms with van der Waals surface area (Å²) in [5.74, 6) is 1.33. The molecule has 2 N–H and O–H groups in total. The zero-order valence-electron chi connectivity index (χ0n) is 9.78. The van der Waals surface area contributed by atoms with E-state index in [1.165, 1.54) is 36.8 Å². The normalized spacial score (nSPS) is 36.1. The summed E-state index contributed by atoms with van der Waals surface area (Å²) in [5, 5.41) is 0. The van der Waals surface area contributed by atoms with Crippen LogP contribution >= 0.6 is 12.4 Å². The first-order chi connectivity index (χ1) is 7.23. The highest BCUT2D eigenvalue weighted by atomic mass is 35.5. The van der Waals surface area contributed by atoms with Crippen LogP contribution in [0.1, 0.15) is 37.3 Å². The molecule has 2 aliphatic rings. The summed E-state index contributed by atoms with van der Waals surface area (Å²) in [5.41, 5.74) is 9.63. The van der Waals surface area contributed by atoms with E-state index < -0.39 is 0 Å². The van der Waals surface area contributed by atoms with Crippen molar-refractivity contribution >= 4 is 12.4 Å². The second-order valence-corrected chi connectivity index (χ2v) is 5.32. The van der Waals surface area contributed by atoms with Gasteiger partial charge in [0.2, 0.25) is 0 Å². The van der Waals surface area contributed by atoms with E-state index in [1.54, 1.807) is 0 Å². The number of hydrogen-bond acceptors (Lipinski definition) is 1. The molecule has 0 amide bonds. The molecule has 0 heterocycles. The lowest BCUT2D eigenvalue weighted by Gasteiger charge is -2.42. The Kier molecular flexibility index (Phi) is 3.02. The smallest absolute Gasteiger partial charge is 0.0470 e. The predicted octanol–water partition coefficient (Wildman–Crippen LogP) is 3.25. The van der Waals surface area contributed by atoms with Gasteiger partial charge < -0.3 is 5.73 Å². The number of fused-ring (bicyclic) bond motifs is 3. The van der Waals surface area contributed by atoms with Crippen molar-refractivity contribution in [2.24, 2.45) is 17.6 Å². The molecule has 0 aliphatic heterocycles. The third-order valence-electron chi connectivity index (χ3n) is 4.63. The SMILES string of the molecule is CC1CCC[C@@H]2Cc3ccccc3[C@]12N.Cl. The molecular formula is C14H20ClN. The summed E-state index contributed by atoms with van der Waals surface area (Å²) >= 11 is 0. The first kappa shape index (κ1) is 11.9. The molecule has 1 nitrogen and oxygen atoms in total. The van der Waals surface area contributed by atoms with Gasteiger partial charge in [0.05, 0.1) is 0 Å². The number of halogens is 1. The van der Waals surface area contributed by atoms with E-state index in [0.717, 1.165) is 0 Å². The number of rotatable bonds is 0. The van der Waals surface area contributed by atoms with Crippen molar-refractivity contribution in [3.63, 3.8) is 0 Å². The Morgan fingerprint density at radius 2 is 2.00 bits per heavy atom. The summed E-state index contributed by atoms with van der Waals surface area (Å²) in [6.07, 6.45) is 5.17. The summed E-state index contributed by atoms with van der Waals surface area (Å²) in [4.78, 5) is 0.